The molecule has 2 rings (SSSR count). The van der Waals surface area contributed by atoms with E-state index in [1.165, 1.54) is 23.5 Å². The zero-order valence-corrected chi connectivity index (χ0v) is 11.2. The molecule has 1 aromatic heterocycles. The van der Waals surface area contributed by atoms with Crippen LogP contribution in [0.2, 0.25) is 0 Å². The SMILES string of the molecule is Fc1cc(Br)cc(Oc2nc(Br)cs2)c1. The van der Waals surface area contributed by atoms with E-state index in [2.05, 4.69) is 36.8 Å². The maximum absolute atomic E-state index is 13.0. The van der Waals surface area contributed by atoms with Gasteiger partial charge in [-0.15, -0.1) is 0 Å². The zero-order chi connectivity index (χ0) is 10.8. The Labute approximate surface area is 106 Å². The second kappa shape index (κ2) is 4.59. The summed E-state index contributed by atoms with van der Waals surface area (Å²) in [4.78, 5) is 4.04. The fraction of sp³-hybridized carbons (Fsp3) is 0. The fourth-order valence-electron chi connectivity index (χ4n) is 0.974. The van der Waals surface area contributed by atoms with E-state index < -0.39 is 0 Å². The van der Waals surface area contributed by atoms with Crippen LogP contribution >= 0.6 is 43.2 Å². The van der Waals surface area contributed by atoms with E-state index in [1.54, 1.807) is 11.4 Å². The third-order valence-corrected chi connectivity index (χ3v) is 3.38. The Kier molecular flexibility index (Phi) is 3.38. The first-order chi connectivity index (χ1) is 7.13. The summed E-state index contributed by atoms with van der Waals surface area (Å²) in [5, 5.41) is 2.27. The molecule has 1 aromatic carbocycles. The van der Waals surface area contributed by atoms with Crippen LogP contribution in [0.5, 0.6) is 10.9 Å². The van der Waals surface area contributed by atoms with Crippen molar-refractivity contribution in [2.24, 2.45) is 0 Å². The molecule has 0 unspecified atom stereocenters. The number of benzene rings is 1. The quantitative estimate of drug-likeness (QED) is 0.788. The first-order valence-corrected chi connectivity index (χ1v) is 6.35. The van der Waals surface area contributed by atoms with Gasteiger partial charge in [0.15, 0.2) is 0 Å². The van der Waals surface area contributed by atoms with Gasteiger partial charge >= 0.3 is 0 Å². The van der Waals surface area contributed by atoms with Crippen molar-refractivity contribution in [3.63, 3.8) is 0 Å². The van der Waals surface area contributed by atoms with Gasteiger partial charge in [0.25, 0.3) is 5.19 Å². The molecule has 0 fully saturated rings. The third kappa shape index (κ3) is 2.99. The highest BCUT2D eigenvalue weighted by molar-refractivity contribution is 9.10. The van der Waals surface area contributed by atoms with Gasteiger partial charge in [0.1, 0.15) is 16.2 Å². The van der Waals surface area contributed by atoms with Crippen LogP contribution in [-0.2, 0) is 0 Å². The lowest BCUT2D eigenvalue weighted by atomic mass is 10.3. The summed E-state index contributed by atoms with van der Waals surface area (Å²) in [6.07, 6.45) is 0. The van der Waals surface area contributed by atoms with Crippen LogP contribution in [0.1, 0.15) is 0 Å². The number of hydrogen-bond acceptors (Lipinski definition) is 3. The molecule has 0 aliphatic rings. The van der Waals surface area contributed by atoms with E-state index in [0.29, 0.717) is 20.0 Å². The number of ether oxygens (including phenoxy) is 1. The molecule has 0 saturated heterocycles. The van der Waals surface area contributed by atoms with Crippen molar-refractivity contribution in [1.82, 2.24) is 4.98 Å². The topological polar surface area (TPSA) is 22.1 Å². The maximum atomic E-state index is 13.0. The van der Waals surface area contributed by atoms with E-state index in [0.717, 1.165) is 0 Å². The van der Waals surface area contributed by atoms with Gasteiger partial charge in [-0.05, 0) is 28.1 Å². The van der Waals surface area contributed by atoms with E-state index in [9.17, 15) is 4.39 Å². The molecular weight excluding hydrogens is 349 g/mol. The van der Waals surface area contributed by atoms with E-state index in [1.807, 2.05) is 0 Å². The number of rotatable bonds is 2. The minimum Gasteiger partial charge on any atom is -0.431 e. The van der Waals surface area contributed by atoms with Crippen LogP contribution in [0.4, 0.5) is 4.39 Å². The maximum Gasteiger partial charge on any atom is 0.279 e. The molecular formula is C9H4Br2FNOS. The minimum absolute atomic E-state index is 0.352. The van der Waals surface area contributed by atoms with Gasteiger partial charge in [-0.2, -0.15) is 4.98 Å². The number of aromatic nitrogens is 1. The zero-order valence-electron chi connectivity index (χ0n) is 7.21. The van der Waals surface area contributed by atoms with Crippen LogP contribution in [-0.4, -0.2) is 4.98 Å². The van der Waals surface area contributed by atoms with Crippen molar-refractivity contribution >= 4 is 43.2 Å². The van der Waals surface area contributed by atoms with Crippen molar-refractivity contribution in [2.45, 2.75) is 0 Å². The van der Waals surface area contributed by atoms with Crippen LogP contribution in [0.3, 0.4) is 0 Å². The van der Waals surface area contributed by atoms with Crippen LogP contribution < -0.4 is 4.74 Å². The largest absolute Gasteiger partial charge is 0.431 e. The molecule has 15 heavy (non-hydrogen) atoms. The average Bonchev–Trinajstić information content (AvgIpc) is 2.49. The summed E-state index contributed by atoms with van der Waals surface area (Å²) in [6.45, 7) is 0. The molecule has 2 aromatic rings. The predicted octanol–water partition coefficient (Wildman–Crippen LogP) is 4.60. The summed E-state index contributed by atoms with van der Waals surface area (Å²) in [6, 6.07) is 4.35. The number of nitrogens with zero attached hydrogens (tertiary/aromatic N) is 1. The van der Waals surface area contributed by atoms with E-state index in [-0.39, 0.29) is 5.82 Å². The smallest absolute Gasteiger partial charge is 0.279 e. The lowest BCUT2D eigenvalue weighted by molar-refractivity contribution is 0.472. The molecule has 6 heteroatoms. The Balaban J connectivity index is 2.24. The first kappa shape index (κ1) is 11.0. The normalized spacial score (nSPS) is 10.3. The Morgan fingerprint density at radius 2 is 2.07 bits per heavy atom. The summed E-state index contributed by atoms with van der Waals surface area (Å²) >= 11 is 7.73. The molecule has 0 bridgehead atoms. The van der Waals surface area contributed by atoms with E-state index in [4.69, 9.17) is 4.74 Å². The number of hydrogen-bond donors (Lipinski definition) is 0. The molecule has 0 amide bonds. The van der Waals surface area contributed by atoms with Gasteiger partial charge in [-0.1, -0.05) is 27.3 Å². The van der Waals surface area contributed by atoms with Crippen molar-refractivity contribution in [2.75, 3.05) is 0 Å². The number of halogens is 3. The molecule has 0 atom stereocenters. The lowest BCUT2D eigenvalue weighted by Gasteiger charge is -2.01. The summed E-state index contributed by atoms with van der Waals surface area (Å²) in [5.41, 5.74) is 0. The van der Waals surface area contributed by atoms with Crippen LogP contribution in [0.15, 0.2) is 32.7 Å². The minimum atomic E-state index is -0.352. The highest BCUT2D eigenvalue weighted by Gasteiger charge is 2.04. The molecule has 0 saturated carbocycles. The summed E-state index contributed by atoms with van der Waals surface area (Å²) < 4.78 is 19.7. The first-order valence-electron chi connectivity index (χ1n) is 3.88. The molecule has 0 N–H and O–H groups in total. The van der Waals surface area contributed by atoms with Crippen molar-refractivity contribution in [3.8, 4) is 10.9 Å². The van der Waals surface area contributed by atoms with E-state index >= 15 is 0 Å². The average molecular weight is 353 g/mol. The highest BCUT2D eigenvalue weighted by Crippen LogP contribution is 2.29. The Morgan fingerprint density at radius 3 is 2.67 bits per heavy atom. The Hall–Kier alpha value is -0.460. The predicted molar refractivity (Wildman–Crippen MR) is 64.0 cm³/mol. The second-order valence-electron chi connectivity index (χ2n) is 2.64. The monoisotopic (exact) mass is 351 g/mol. The molecule has 0 radical (unpaired) electrons. The van der Waals surface area contributed by atoms with Gasteiger partial charge in [0, 0.05) is 15.9 Å². The van der Waals surface area contributed by atoms with Gasteiger partial charge in [0.05, 0.1) is 0 Å². The van der Waals surface area contributed by atoms with Crippen molar-refractivity contribution in [1.29, 1.82) is 0 Å². The van der Waals surface area contributed by atoms with Gasteiger partial charge in [-0.25, -0.2) is 4.39 Å². The molecule has 0 spiro atoms. The lowest BCUT2D eigenvalue weighted by Crippen LogP contribution is -1.84. The van der Waals surface area contributed by atoms with Gasteiger partial charge in [-0.3, -0.25) is 0 Å². The molecule has 0 aliphatic carbocycles. The number of thiazole rings is 1. The van der Waals surface area contributed by atoms with Crippen LogP contribution in [0, 0.1) is 5.82 Å². The third-order valence-electron chi connectivity index (χ3n) is 1.50. The molecule has 0 aliphatic heterocycles. The van der Waals surface area contributed by atoms with Gasteiger partial charge < -0.3 is 4.74 Å². The van der Waals surface area contributed by atoms with Crippen LogP contribution in [0.25, 0.3) is 0 Å². The Bertz CT molecular complexity index is 468. The summed E-state index contributed by atoms with van der Waals surface area (Å²) in [7, 11) is 0. The summed E-state index contributed by atoms with van der Waals surface area (Å²) in [5.74, 6) is 0.0683. The second-order valence-corrected chi connectivity index (χ2v) is 5.19. The fourth-order valence-corrected chi connectivity index (χ4v) is 2.52. The molecule has 2 nitrogen and oxygen atoms in total. The molecule has 1 heterocycles. The molecule has 78 valence electrons. The van der Waals surface area contributed by atoms with Gasteiger partial charge in [0.2, 0.25) is 0 Å². The highest BCUT2D eigenvalue weighted by atomic mass is 79.9. The standard InChI is InChI=1S/C9H4Br2FNOS/c10-5-1-6(12)3-7(2-5)14-9-13-8(11)4-15-9/h1-4H. The van der Waals surface area contributed by atoms with Crippen molar-refractivity contribution in [3.05, 3.63) is 38.5 Å². The van der Waals surface area contributed by atoms with Crippen molar-refractivity contribution < 1.29 is 9.13 Å². The Morgan fingerprint density at radius 1 is 1.27 bits per heavy atom.